The molecule has 2 N–H and O–H groups in total. The van der Waals surface area contributed by atoms with Crippen molar-refractivity contribution in [2.24, 2.45) is 5.41 Å². The molecule has 0 spiro atoms. The van der Waals surface area contributed by atoms with Gasteiger partial charge in [0.05, 0.1) is 5.75 Å². The normalized spacial score (nSPS) is 13.5. The summed E-state index contributed by atoms with van der Waals surface area (Å²) >= 11 is 5.19. The molecule has 0 amide bonds. The summed E-state index contributed by atoms with van der Waals surface area (Å²) < 4.78 is 29.3. The minimum absolute atomic E-state index is 0.292. The molecule has 0 atom stereocenters. The first kappa shape index (κ1) is 11.2. The van der Waals surface area contributed by atoms with Crippen LogP contribution in [0.3, 0.4) is 0 Å². The van der Waals surface area contributed by atoms with Gasteiger partial charge in [-0.2, -0.15) is 8.42 Å². The molecule has 0 saturated heterocycles. The maximum atomic E-state index is 10.4. The molecule has 0 aliphatic carbocycles. The van der Waals surface area contributed by atoms with Gasteiger partial charge < -0.3 is 0 Å². The number of nitrogens with one attached hydrogen (secondary N) is 1. The van der Waals surface area contributed by atoms with Crippen LogP contribution in [0.25, 0.3) is 0 Å². The highest BCUT2D eigenvalue weighted by Gasteiger charge is 2.24. The zero-order valence-electron chi connectivity index (χ0n) is 6.46. The highest BCUT2D eigenvalue weighted by atomic mass is 35.5. The SMILES string of the molecule is CC(C)(CNCl)CS(=O)(=O)O. The molecule has 0 aromatic rings. The Bertz CT molecular complexity index is 212. The molecule has 0 rings (SSSR count). The van der Waals surface area contributed by atoms with Crippen molar-refractivity contribution in [3.63, 3.8) is 0 Å². The van der Waals surface area contributed by atoms with Crippen molar-refractivity contribution in [1.29, 1.82) is 0 Å². The summed E-state index contributed by atoms with van der Waals surface area (Å²) in [4.78, 5) is 2.33. The Morgan fingerprint density at radius 2 is 2.00 bits per heavy atom. The molecule has 6 heteroatoms. The van der Waals surface area contributed by atoms with E-state index < -0.39 is 15.5 Å². The lowest BCUT2D eigenvalue weighted by Crippen LogP contribution is -2.31. The van der Waals surface area contributed by atoms with E-state index in [2.05, 4.69) is 4.84 Å². The van der Waals surface area contributed by atoms with Crippen LogP contribution in [0.1, 0.15) is 13.8 Å². The minimum atomic E-state index is -3.90. The van der Waals surface area contributed by atoms with Gasteiger partial charge in [-0.3, -0.25) is 4.55 Å². The van der Waals surface area contributed by atoms with Crippen molar-refractivity contribution in [2.45, 2.75) is 13.8 Å². The molecule has 0 aliphatic rings. The highest BCUT2D eigenvalue weighted by molar-refractivity contribution is 7.85. The van der Waals surface area contributed by atoms with Gasteiger partial charge in [0, 0.05) is 6.54 Å². The highest BCUT2D eigenvalue weighted by Crippen LogP contribution is 2.15. The molecule has 0 aromatic carbocycles. The van der Waals surface area contributed by atoms with E-state index in [4.69, 9.17) is 16.3 Å². The Hall–Kier alpha value is 0.160. The first-order valence-electron chi connectivity index (χ1n) is 3.05. The molecule has 68 valence electrons. The lowest BCUT2D eigenvalue weighted by Gasteiger charge is -2.20. The lowest BCUT2D eigenvalue weighted by molar-refractivity contribution is 0.389. The van der Waals surface area contributed by atoms with Gasteiger partial charge in [0.15, 0.2) is 0 Å². The van der Waals surface area contributed by atoms with Gasteiger partial charge in [0.2, 0.25) is 0 Å². The quantitative estimate of drug-likeness (QED) is 0.518. The van der Waals surface area contributed by atoms with E-state index in [1.165, 1.54) is 0 Å². The predicted molar refractivity (Wildman–Crippen MR) is 44.1 cm³/mol. The van der Waals surface area contributed by atoms with Gasteiger partial charge in [0.25, 0.3) is 10.1 Å². The molecule has 0 radical (unpaired) electrons. The number of hydrogen-bond acceptors (Lipinski definition) is 3. The molecule has 0 heterocycles. The summed E-state index contributed by atoms with van der Waals surface area (Å²) in [6.07, 6.45) is 0. The van der Waals surface area contributed by atoms with Gasteiger partial charge in [-0.25, -0.2) is 4.84 Å². The predicted octanol–water partition coefficient (Wildman–Crippen LogP) is 0.644. The van der Waals surface area contributed by atoms with Gasteiger partial charge >= 0.3 is 0 Å². The van der Waals surface area contributed by atoms with E-state index in [1.807, 2.05) is 0 Å². The topological polar surface area (TPSA) is 66.4 Å². The van der Waals surface area contributed by atoms with E-state index in [1.54, 1.807) is 13.8 Å². The number of rotatable bonds is 4. The Kier molecular flexibility index (Phi) is 3.76. The second kappa shape index (κ2) is 3.71. The molecule has 4 nitrogen and oxygen atoms in total. The second-order valence-electron chi connectivity index (χ2n) is 3.20. The Labute approximate surface area is 71.8 Å². The van der Waals surface area contributed by atoms with E-state index in [0.29, 0.717) is 6.54 Å². The van der Waals surface area contributed by atoms with Gasteiger partial charge in [0.1, 0.15) is 0 Å². The van der Waals surface area contributed by atoms with Crippen LogP contribution >= 0.6 is 11.8 Å². The second-order valence-corrected chi connectivity index (χ2v) is 4.92. The number of hydrogen-bond donors (Lipinski definition) is 2. The zero-order valence-corrected chi connectivity index (χ0v) is 8.04. The Morgan fingerprint density at radius 3 is 2.27 bits per heavy atom. The molecule has 0 aromatic heterocycles. The molecule has 0 fully saturated rings. The molecule has 11 heavy (non-hydrogen) atoms. The first-order chi connectivity index (χ1) is 4.77. The maximum Gasteiger partial charge on any atom is 0.265 e. The molecule has 0 aliphatic heterocycles. The molecule has 0 unspecified atom stereocenters. The third-order valence-electron chi connectivity index (χ3n) is 1.12. The summed E-state index contributed by atoms with van der Waals surface area (Å²) in [5.41, 5.74) is -0.546. The van der Waals surface area contributed by atoms with E-state index in [0.717, 1.165) is 0 Å². The van der Waals surface area contributed by atoms with Crippen LogP contribution < -0.4 is 4.84 Å². The van der Waals surface area contributed by atoms with Crippen LogP contribution in [0.15, 0.2) is 0 Å². The molecular weight excluding hydrogens is 190 g/mol. The van der Waals surface area contributed by atoms with Crippen LogP contribution in [0.2, 0.25) is 0 Å². The van der Waals surface area contributed by atoms with Crippen molar-refractivity contribution in [3.05, 3.63) is 0 Å². The lowest BCUT2D eigenvalue weighted by atomic mass is 9.97. The molecular formula is C5H12ClNO3S. The van der Waals surface area contributed by atoms with Crippen LogP contribution in [-0.2, 0) is 10.1 Å². The first-order valence-corrected chi connectivity index (χ1v) is 5.04. The monoisotopic (exact) mass is 201 g/mol. The zero-order chi connectivity index (χ0) is 9.12. The standard InChI is InChI=1S/C5H12ClNO3S/c1-5(2,3-7-6)4-11(8,9)10/h7H,3-4H2,1-2H3,(H,8,9,10). The average Bonchev–Trinajstić information content (AvgIpc) is 1.55. The summed E-state index contributed by atoms with van der Waals surface area (Å²) in [6, 6.07) is 0. The minimum Gasteiger partial charge on any atom is -0.286 e. The van der Waals surface area contributed by atoms with Crippen molar-refractivity contribution in [2.75, 3.05) is 12.3 Å². The van der Waals surface area contributed by atoms with Crippen LogP contribution in [0.4, 0.5) is 0 Å². The Morgan fingerprint density at radius 1 is 1.55 bits per heavy atom. The third-order valence-corrected chi connectivity index (χ3v) is 2.40. The fourth-order valence-electron chi connectivity index (χ4n) is 0.726. The largest absolute Gasteiger partial charge is 0.286 e. The summed E-state index contributed by atoms with van der Waals surface area (Å²) in [7, 11) is -3.90. The summed E-state index contributed by atoms with van der Waals surface area (Å²) in [5, 5.41) is 0. The van der Waals surface area contributed by atoms with Crippen molar-refractivity contribution < 1.29 is 13.0 Å². The van der Waals surface area contributed by atoms with Crippen molar-refractivity contribution >= 4 is 21.9 Å². The number of halogens is 1. The van der Waals surface area contributed by atoms with Gasteiger partial charge in [-0.1, -0.05) is 13.8 Å². The summed E-state index contributed by atoms with van der Waals surface area (Å²) in [5.74, 6) is -0.292. The molecule has 0 saturated carbocycles. The van der Waals surface area contributed by atoms with Gasteiger partial charge in [-0.15, -0.1) is 0 Å². The van der Waals surface area contributed by atoms with Crippen LogP contribution in [0, 0.1) is 5.41 Å². The van der Waals surface area contributed by atoms with Crippen LogP contribution in [0.5, 0.6) is 0 Å². The van der Waals surface area contributed by atoms with Gasteiger partial charge in [-0.05, 0) is 17.2 Å². The van der Waals surface area contributed by atoms with Crippen LogP contribution in [-0.4, -0.2) is 25.3 Å². The third kappa shape index (κ3) is 6.55. The maximum absolute atomic E-state index is 10.4. The van der Waals surface area contributed by atoms with E-state index >= 15 is 0 Å². The average molecular weight is 202 g/mol. The Balaban J connectivity index is 4.13. The van der Waals surface area contributed by atoms with Crippen molar-refractivity contribution in [3.8, 4) is 0 Å². The summed E-state index contributed by atoms with van der Waals surface area (Å²) in [6.45, 7) is 3.71. The fraction of sp³-hybridized carbons (Fsp3) is 1.00. The smallest absolute Gasteiger partial charge is 0.265 e. The fourth-order valence-corrected chi connectivity index (χ4v) is 2.18. The van der Waals surface area contributed by atoms with E-state index in [-0.39, 0.29) is 5.75 Å². The molecule has 0 bridgehead atoms. The van der Waals surface area contributed by atoms with E-state index in [9.17, 15) is 8.42 Å². The van der Waals surface area contributed by atoms with Crippen molar-refractivity contribution in [1.82, 2.24) is 4.84 Å².